The Balaban J connectivity index is 1.72. The van der Waals surface area contributed by atoms with Crippen LogP contribution in [0.4, 0.5) is 10.1 Å². The lowest BCUT2D eigenvalue weighted by Crippen LogP contribution is -2.21. The van der Waals surface area contributed by atoms with Crippen LogP contribution in [0.15, 0.2) is 48.5 Å². The first-order chi connectivity index (χ1) is 13.9. The number of carbonyl (C=O) groups excluding carboxylic acids is 4. The highest BCUT2D eigenvalue weighted by molar-refractivity contribution is 5.98. The van der Waals surface area contributed by atoms with E-state index in [1.54, 1.807) is 6.92 Å². The molecule has 0 aliphatic heterocycles. The minimum Gasteiger partial charge on any atom is -0.462 e. The molecule has 1 amide bonds. The molecule has 7 nitrogen and oxygen atoms in total. The first-order valence-electron chi connectivity index (χ1n) is 8.90. The summed E-state index contributed by atoms with van der Waals surface area (Å²) in [6.45, 7) is 1.45. The summed E-state index contributed by atoms with van der Waals surface area (Å²) in [6, 6.07) is 11.0. The van der Waals surface area contributed by atoms with Gasteiger partial charge in [-0.25, -0.2) is 9.18 Å². The van der Waals surface area contributed by atoms with Gasteiger partial charge < -0.3 is 14.8 Å². The number of esters is 2. The van der Waals surface area contributed by atoms with E-state index in [0.29, 0.717) is 16.8 Å². The van der Waals surface area contributed by atoms with Gasteiger partial charge in [-0.15, -0.1) is 0 Å². The van der Waals surface area contributed by atoms with E-state index in [0.717, 1.165) is 12.1 Å². The van der Waals surface area contributed by atoms with Crippen molar-refractivity contribution >= 4 is 29.3 Å². The summed E-state index contributed by atoms with van der Waals surface area (Å²) in [7, 11) is 0. The van der Waals surface area contributed by atoms with Crippen LogP contribution in [0.5, 0.6) is 0 Å². The molecule has 0 atom stereocenters. The molecular weight excluding hydrogens is 381 g/mol. The molecule has 0 unspecified atom stereocenters. The van der Waals surface area contributed by atoms with E-state index in [-0.39, 0.29) is 25.2 Å². The summed E-state index contributed by atoms with van der Waals surface area (Å²) >= 11 is 0. The zero-order chi connectivity index (χ0) is 21.2. The van der Waals surface area contributed by atoms with E-state index < -0.39 is 30.3 Å². The average molecular weight is 401 g/mol. The van der Waals surface area contributed by atoms with Crippen molar-refractivity contribution in [3.05, 3.63) is 65.5 Å². The second-order valence-corrected chi connectivity index (χ2v) is 5.94. The minimum atomic E-state index is -0.701. The molecule has 0 saturated carbocycles. The molecule has 0 saturated heterocycles. The SMILES string of the molecule is CCOC(=O)c1ccc(NC(=O)COC(=O)CCC(=O)c2ccc(F)cc2)cc1. The van der Waals surface area contributed by atoms with E-state index >= 15 is 0 Å². The molecular formula is C21H20FNO6. The van der Waals surface area contributed by atoms with Crippen molar-refractivity contribution in [2.45, 2.75) is 19.8 Å². The molecule has 0 bridgehead atoms. The molecule has 0 aliphatic carbocycles. The number of hydrogen-bond donors (Lipinski definition) is 1. The van der Waals surface area contributed by atoms with Gasteiger partial charge >= 0.3 is 11.9 Å². The van der Waals surface area contributed by atoms with E-state index in [1.165, 1.54) is 36.4 Å². The maximum Gasteiger partial charge on any atom is 0.338 e. The van der Waals surface area contributed by atoms with Gasteiger partial charge in [0.05, 0.1) is 18.6 Å². The number of rotatable bonds is 9. The van der Waals surface area contributed by atoms with E-state index in [2.05, 4.69) is 5.32 Å². The van der Waals surface area contributed by atoms with Gasteiger partial charge in [-0.2, -0.15) is 0 Å². The Bertz CT molecular complexity index is 877. The normalized spacial score (nSPS) is 10.1. The van der Waals surface area contributed by atoms with E-state index in [4.69, 9.17) is 9.47 Å². The lowest BCUT2D eigenvalue weighted by Gasteiger charge is -2.07. The van der Waals surface area contributed by atoms with Crippen LogP contribution in [-0.4, -0.2) is 36.8 Å². The minimum absolute atomic E-state index is 0.110. The van der Waals surface area contributed by atoms with Crippen LogP contribution >= 0.6 is 0 Å². The number of halogens is 1. The molecule has 152 valence electrons. The van der Waals surface area contributed by atoms with Crippen LogP contribution in [0.25, 0.3) is 0 Å². The van der Waals surface area contributed by atoms with Crippen LogP contribution in [-0.2, 0) is 19.1 Å². The Morgan fingerprint density at radius 3 is 2.10 bits per heavy atom. The maximum absolute atomic E-state index is 12.8. The number of ketones is 1. The molecule has 0 heterocycles. The molecule has 0 aliphatic rings. The van der Waals surface area contributed by atoms with Crippen molar-refractivity contribution in [3.63, 3.8) is 0 Å². The lowest BCUT2D eigenvalue weighted by molar-refractivity contribution is -0.147. The van der Waals surface area contributed by atoms with Gasteiger partial charge in [-0.05, 0) is 55.5 Å². The summed E-state index contributed by atoms with van der Waals surface area (Å²) in [5.41, 5.74) is 1.07. The van der Waals surface area contributed by atoms with E-state index in [9.17, 15) is 23.6 Å². The van der Waals surface area contributed by atoms with Crippen LogP contribution in [0.1, 0.15) is 40.5 Å². The summed E-state index contributed by atoms with van der Waals surface area (Å²) in [4.78, 5) is 47.0. The standard InChI is InChI=1S/C21H20FNO6/c1-2-28-21(27)15-5-9-17(10-6-15)23-19(25)13-29-20(26)12-11-18(24)14-3-7-16(22)8-4-14/h3-10H,2,11-13H2,1H3,(H,23,25). The molecule has 2 aromatic rings. The number of ether oxygens (including phenoxy) is 2. The fourth-order valence-corrected chi connectivity index (χ4v) is 2.32. The molecule has 2 rings (SSSR count). The highest BCUT2D eigenvalue weighted by atomic mass is 19.1. The van der Waals surface area contributed by atoms with Gasteiger partial charge in [-0.1, -0.05) is 0 Å². The van der Waals surface area contributed by atoms with Gasteiger partial charge in [0.2, 0.25) is 0 Å². The van der Waals surface area contributed by atoms with E-state index in [1.807, 2.05) is 0 Å². The topological polar surface area (TPSA) is 98.8 Å². The zero-order valence-electron chi connectivity index (χ0n) is 15.8. The van der Waals surface area contributed by atoms with Crippen LogP contribution < -0.4 is 5.32 Å². The molecule has 1 N–H and O–H groups in total. The van der Waals surface area contributed by atoms with Crippen LogP contribution in [0.2, 0.25) is 0 Å². The third kappa shape index (κ3) is 7.17. The van der Waals surface area contributed by atoms with Crippen LogP contribution in [0, 0.1) is 5.82 Å². The Morgan fingerprint density at radius 1 is 0.862 bits per heavy atom. The summed E-state index contributed by atoms with van der Waals surface area (Å²) in [6.07, 6.45) is -0.306. The van der Waals surface area contributed by atoms with Crippen molar-refractivity contribution in [1.29, 1.82) is 0 Å². The average Bonchev–Trinajstić information content (AvgIpc) is 2.71. The van der Waals surface area contributed by atoms with Crippen molar-refractivity contribution in [2.24, 2.45) is 0 Å². The first-order valence-corrected chi connectivity index (χ1v) is 8.90. The van der Waals surface area contributed by atoms with Crippen molar-refractivity contribution in [2.75, 3.05) is 18.5 Å². The number of nitrogens with one attached hydrogen (secondary N) is 1. The predicted octanol–water partition coefficient (Wildman–Crippen LogP) is 3.15. The molecule has 2 aromatic carbocycles. The molecule has 0 radical (unpaired) electrons. The lowest BCUT2D eigenvalue weighted by atomic mass is 10.1. The summed E-state index contributed by atoms with van der Waals surface area (Å²) in [5.74, 6) is -2.51. The Kier molecular flexibility index (Phi) is 8.02. The number of benzene rings is 2. The van der Waals surface area contributed by atoms with Gasteiger partial charge in [0.15, 0.2) is 12.4 Å². The number of carbonyl (C=O) groups is 4. The monoisotopic (exact) mass is 401 g/mol. The molecule has 0 aromatic heterocycles. The summed E-state index contributed by atoms with van der Waals surface area (Å²) in [5, 5.41) is 2.52. The third-order valence-corrected chi connectivity index (χ3v) is 3.77. The Hall–Kier alpha value is -3.55. The maximum atomic E-state index is 12.8. The Labute approximate surface area is 166 Å². The number of hydrogen-bond acceptors (Lipinski definition) is 6. The van der Waals surface area contributed by atoms with Gasteiger partial charge in [0.25, 0.3) is 5.91 Å². The molecule has 29 heavy (non-hydrogen) atoms. The fraction of sp³-hybridized carbons (Fsp3) is 0.238. The van der Waals surface area contributed by atoms with Crippen molar-refractivity contribution < 1.29 is 33.0 Å². The van der Waals surface area contributed by atoms with Gasteiger partial charge in [0, 0.05) is 17.7 Å². The quantitative estimate of drug-likeness (QED) is 0.512. The second kappa shape index (κ2) is 10.7. The number of amides is 1. The first kappa shape index (κ1) is 21.7. The third-order valence-electron chi connectivity index (χ3n) is 3.77. The van der Waals surface area contributed by atoms with Crippen molar-refractivity contribution in [3.8, 4) is 0 Å². The number of Topliss-reactive ketones (excluding diaryl/α,β-unsaturated/α-hetero) is 1. The highest BCUT2D eigenvalue weighted by Gasteiger charge is 2.13. The number of anilines is 1. The highest BCUT2D eigenvalue weighted by Crippen LogP contribution is 2.11. The van der Waals surface area contributed by atoms with Gasteiger partial charge in [0.1, 0.15) is 5.82 Å². The Morgan fingerprint density at radius 2 is 1.48 bits per heavy atom. The molecule has 8 heteroatoms. The second-order valence-electron chi connectivity index (χ2n) is 5.94. The molecule has 0 fully saturated rings. The largest absolute Gasteiger partial charge is 0.462 e. The molecule has 0 spiro atoms. The van der Waals surface area contributed by atoms with Gasteiger partial charge in [-0.3, -0.25) is 14.4 Å². The zero-order valence-corrected chi connectivity index (χ0v) is 15.8. The smallest absolute Gasteiger partial charge is 0.338 e. The van der Waals surface area contributed by atoms with Crippen molar-refractivity contribution in [1.82, 2.24) is 0 Å². The summed E-state index contributed by atoms with van der Waals surface area (Å²) < 4.78 is 22.5. The fourth-order valence-electron chi connectivity index (χ4n) is 2.32. The van der Waals surface area contributed by atoms with Crippen LogP contribution in [0.3, 0.4) is 0 Å². The predicted molar refractivity (Wildman–Crippen MR) is 102 cm³/mol.